The SMILES string of the molecule is CC(C)(C)C.COC(=O)c1cc(C)cc(C(=O)NCC(=O)O)c1. The fourth-order valence-electron chi connectivity index (χ4n) is 1.41. The molecule has 128 valence electrons. The lowest BCUT2D eigenvalue weighted by Crippen LogP contribution is -2.29. The molecule has 0 unspecified atom stereocenters. The fraction of sp³-hybridized carbons (Fsp3) is 0.471. The van der Waals surface area contributed by atoms with Gasteiger partial charge in [0, 0.05) is 5.56 Å². The summed E-state index contributed by atoms with van der Waals surface area (Å²) in [6, 6.07) is 4.50. The quantitative estimate of drug-likeness (QED) is 0.831. The molecule has 0 aliphatic carbocycles. The summed E-state index contributed by atoms with van der Waals surface area (Å²) in [6.07, 6.45) is 0. The molecule has 0 aliphatic heterocycles. The third-order valence-corrected chi connectivity index (χ3v) is 2.16. The molecule has 0 saturated carbocycles. The van der Waals surface area contributed by atoms with Crippen LogP contribution in [0.25, 0.3) is 0 Å². The normalized spacial score (nSPS) is 10.2. The maximum atomic E-state index is 11.6. The number of carbonyl (C=O) groups excluding carboxylic acids is 2. The molecule has 0 atom stereocenters. The lowest BCUT2D eigenvalue weighted by molar-refractivity contribution is -0.135. The number of aliphatic carboxylic acids is 1. The number of nitrogens with one attached hydrogen (secondary N) is 1. The Morgan fingerprint density at radius 3 is 2.00 bits per heavy atom. The molecular formula is C17H25NO5. The Morgan fingerprint density at radius 2 is 1.57 bits per heavy atom. The lowest BCUT2D eigenvalue weighted by atomic mass is 10.0. The average Bonchev–Trinajstić information content (AvgIpc) is 2.41. The molecule has 0 aromatic heterocycles. The van der Waals surface area contributed by atoms with E-state index in [9.17, 15) is 14.4 Å². The number of hydrogen-bond donors (Lipinski definition) is 2. The Kier molecular flexibility index (Phi) is 8.00. The second-order valence-corrected chi connectivity index (χ2v) is 6.66. The zero-order valence-corrected chi connectivity index (χ0v) is 14.5. The zero-order valence-electron chi connectivity index (χ0n) is 14.5. The number of rotatable bonds is 4. The molecule has 0 fully saturated rings. The van der Waals surface area contributed by atoms with Gasteiger partial charge in [-0.25, -0.2) is 4.79 Å². The molecule has 6 nitrogen and oxygen atoms in total. The summed E-state index contributed by atoms with van der Waals surface area (Å²) in [6.45, 7) is 10.0. The molecule has 0 spiro atoms. The molecule has 1 rings (SSSR count). The van der Waals surface area contributed by atoms with Crippen molar-refractivity contribution in [1.82, 2.24) is 5.32 Å². The number of aryl methyl sites for hydroxylation is 1. The number of methoxy groups -OCH3 is 1. The van der Waals surface area contributed by atoms with Gasteiger partial charge < -0.3 is 15.2 Å². The molecule has 1 aromatic rings. The van der Waals surface area contributed by atoms with Gasteiger partial charge in [-0.15, -0.1) is 0 Å². The van der Waals surface area contributed by atoms with Crippen molar-refractivity contribution in [3.63, 3.8) is 0 Å². The van der Waals surface area contributed by atoms with Crippen molar-refractivity contribution in [1.29, 1.82) is 0 Å². The second-order valence-electron chi connectivity index (χ2n) is 6.66. The second kappa shape index (κ2) is 8.92. The summed E-state index contributed by atoms with van der Waals surface area (Å²) >= 11 is 0. The van der Waals surface area contributed by atoms with Crippen LogP contribution >= 0.6 is 0 Å². The highest BCUT2D eigenvalue weighted by atomic mass is 16.5. The monoisotopic (exact) mass is 323 g/mol. The van der Waals surface area contributed by atoms with Crippen LogP contribution in [0.15, 0.2) is 18.2 Å². The van der Waals surface area contributed by atoms with Crippen LogP contribution in [0.5, 0.6) is 0 Å². The van der Waals surface area contributed by atoms with Crippen molar-refractivity contribution in [3.8, 4) is 0 Å². The molecule has 1 aromatic carbocycles. The molecule has 23 heavy (non-hydrogen) atoms. The zero-order chi connectivity index (χ0) is 18.2. The molecule has 0 radical (unpaired) electrons. The standard InChI is InChI=1S/C12H13NO5.C5H12/c1-7-3-8(11(16)13-6-10(14)15)5-9(4-7)12(17)18-2;1-5(2,3)4/h3-5H,6H2,1-2H3,(H,13,16)(H,14,15);1-4H3. The Labute approximate surface area is 136 Å². The third-order valence-electron chi connectivity index (χ3n) is 2.16. The van der Waals surface area contributed by atoms with Crippen molar-refractivity contribution >= 4 is 17.8 Å². The number of amides is 1. The maximum Gasteiger partial charge on any atom is 0.337 e. The Balaban J connectivity index is 0.000000841. The number of benzene rings is 1. The summed E-state index contributed by atoms with van der Waals surface area (Å²) in [7, 11) is 1.24. The summed E-state index contributed by atoms with van der Waals surface area (Å²) in [5.74, 6) is -2.23. The van der Waals surface area contributed by atoms with Gasteiger partial charge in [-0.1, -0.05) is 27.7 Å². The van der Waals surface area contributed by atoms with E-state index in [1.165, 1.54) is 13.2 Å². The summed E-state index contributed by atoms with van der Waals surface area (Å²) < 4.78 is 4.56. The van der Waals surface area contributed by atoms with E-state index in [0.29, 0.717) is 11.0 Å². The van der Waals surface area contributed by atoms with Gasteiger partial charge in [0.2, 0.25) is 0 Å². The predicted octanol–water partition coefficient (Wildman–Crippen LogP) is 2.65. The molecule has 0 saturated heterocycles. The van der Waals surface area contributed by atoms with Gasteiger partial charge in [0.1, 0.15) is 6.54 Å². The highest BCUT2D eigenvalue weighted by Gasteiger charge is 2.12. The predicted molar refractivity (Wildman–Crippen MR) is 87.6 cm³/mol. The minimum Gasteiger partial charge on any atom is -0.480 e. The summed E-state index contributed by atoms with van der Waals surface area (Å²) in [5.41, 5.74) is 1.67. The van der Waals surface area contributed by atoms with E-state index in [-0.39, 0.29) is 11.1 Å². The number of carbonyl (C=O) groups is 3. The Bertz CT molecular complexity index is 567. The number of carboxylic acids is 1. The molecule has 6 heteroatoms. The van der Waals surface area contributed by atoms with E-state index in [0.717, 1.165) is 0 Å². The lowest BCUT2D eigenvalue weighted by Gasteiger charge is -2.06. The van der Waals surface area contributed by atoms with Gasteiger partial charge in [-0.2, -0.15) is 0 Å². The minimum absolute atomic E-state index is 0.219. The highest BCUT2D eigenvalue weighted by molar-refractivity contribution is 5.99. The van der Waals surface area contributed by atoms with Crippen molar-refractivity contribution in [2.75, 3.05) is 13.7 Å². The van der Waals surface area contributed by atoms with Gasteiger partial charge in [0.25, 0.3) is 5.91 Å². The van der Waals surface area contributed by atoms with Crippen LogP contribution in [0, 0.1) is 12.3 Å². The minimum atomic E-state index is -1.14. The van der Waals surface area contributed by atoms with E-state index in [1.54, 1.807) is 19.1 Å². The van der Waals surface area contributed by atoms with Crippen molar-refractivity contribution < 1.29 is 24.2 Å². The molecule has 1 amide bonds. The first kappa shape index (κ1) is 20.6. The summed E-state index contributed by atoms with van der Waals surface area (Å²) in [4.78, 5) is 33.3. The first-order valence-electron chi connectivity index (χ1n) is 7.14. The number of ether oxygens (including phenoxy) is 1. The van der Waals surface area contributed by atoms with E-state index >= 15 is 0 Å². The average molecular weight is 323 g/mol. The van der Waals surface area contributed by atoms with E-state index in [4.69, 9.17) is 5.11 Å². The Morgan fingerprint density at radius 1 is 1.09 bits per heavy atom. The van der Waals surface area contributed by atoms with Crippen LogP contribution in [-0.4, -0.2) is 36.6 Å². The largest absolute Gasteiger partial charge is 0.480 e. The topological polar surface area (TPSA) is 92.7 Å². The van der Waals surface area contributed by atoms with Crippen LogP contribution in [-0.2, 0) is 9.53 Å². The van der Waals surface area contributed by atoms with Crippen LogP contribution < -0.4 is 5.32 Å². The Hall–Kier alpha value is -2.37. The van der Waals surface area contributed by atoms with Gasteiger partial charge in [-0.05, 0) is 36.1 Å². The first-order chi connectivity index (χ1) is 10.4. The van der Waals surface area contributed by atoms with Crippen LogP contribution in [0.1, 0.15) is 54.0 Å². The summed E-state index contributed by atoms with van der Waals surface area (Å²) in [5, 5.41) is 10.7. The molecule has 0 heterocycles. The van der Waals surface area contributed by atoms with Gasteiger partial charge in [0.15, 0.2) is 0 Å². The molecular weight excluding hydrogens is 298 g/mol. The smallest absolute Gasteiger partial charge is 0.337 e. The van der Waals surface area contributed by atoms with Gasteiger partial charge >= 0.3 is 11.9 Å². The number of carboxylic acid groups (broad SMARTS) is 1. The number of hydrogen-bond acceptors (Lipinski definition) is 4. The van der Waals surface area contributed by atoms with Crippen LogP contribution in [0.2, 0.25) is 0 Å². The number of esters is 1. The van der Waals surface area contributed by atoms with E-state index in [2.05, 4.69) is 37.7 Å². The van der Waals surface area contributed by atoms with Crippen LogP contribution in [0.3, 0.4) is 0 Å². The third kappa shape index (κ3) is 10.1. The van der Waals surface area contributed by atoms with Gasteiger partial charge in [-0.3, -0.25) is 9.59 Å². The highest BCUT2D eigenvalue weighted by Crippen LogP contribution is 2.11. The van der Waals surface area contributed by atoms with E-state index in [1.807, 2.05) is 0 Å². The van der Waals surface area contributed by atoms with Crippen molar-refractivity contribution in [3.05, 3.63) is 34.9 Å². The molecule has 0 bridgehead atoms. The fourth-order valence-corrected chi connectivity index (χ4v) is 1.41. The maximum absolute atomic E-state index is 11.6. The first-order valence-corrected chi connectivity index (χ1v) is 7.14. The van der Waals surface area contributed by atoms with E-state index < -0.39 is 24.4 Å². The van der Waals surface area contributed by atoms with Crippen molar-refractivity contribution in [2.24, 2.45) is 5.41 Å². The molecule has 2 N–H and O–H groups in total. The van der Waals surface area contributed by atoms with Crippen LogP contribution in [0.4, 0.5) is 0 Å². The molecule has 0 aliphatic rings. The van der Waals surface area contributed by atoms with Crippen molar-refractivity contribution in [2.45, 2.75) is 34.6 Å². The van der Waals surface area contributed by atoms with Gasteiger partial charge in [0.05, 0.1) is 12.7 Å².